The lowest BCUT2D eigenvalue weighted by Gasteiger charge is -2.23. The van der Waals surface area contributed by atoms with Crippen LogP contribution in [0.25, 0.3) is 45.1 Å². The number of aryl methyl sites for hydroxylation is 6. The van der Waals surface area contributed by atoms with Crippen LogP contribution in [0.15, 0.2) is 158 Å². The molecule has 0 N–H and O–H groups in total. The first kappa shape index (κ1) is 38.6. The lowest BCUT2D eigenvalue weighted by Crippen LogP contribution is -2.08. The standard InChI is InChI=1S/C54H54N4/c1-37(2)49-35-47(45-16-8-7-9-17-45)36-50(38(3)4)53(49)57-33-32-55-54(57)46-26-22-41(23-27-46)18-20-43-14-11-15-44(34-43)21-19-42-24-28-48(29-25-42)58-51(30-31-56-58)52-39(5)12-10-13-40(52)6/h7-17,22-38H,18-21H2,1-6H3. The molecule has 0 amide bonds. The molecule has 0 fully saturated rings. The Morgan fingerprint density at radius 2 is 1.07 bits per heavy atom. The van der Waals surface area contributed by atoms with Gasteiger partial charge in [0.05, 0.1) is 23.3 Å². The predicted octanol–water partition coefficient (Wildman–Crippen LogP) is 13.5. The smallest absolute Gasteiger partial charge is 0.144 e. The number of imidazole rings is 1. The molecule has 8 aromatic rings. The van der Waals surface area contributed by atoms with Gasteiger partial charge in [-0.25, -0.2) is 9.67 Å². The van der Waals surface area contributed by atoms with Crippen molar-refractivity contribution in [3.8, 4) is 45.1 Å². The molecule has 0 saturated carbocycles. The van der Waals surface area contributed by atoms with E-state index in [1.54, 1.807) is 0 Å². The molecule has 2 aromatic heterocycles. The van der Waals surface area contributed by atoms with Gasteiger partial charge in [0.25, 0.3) is 0 Å². The van der Waals surface area contributed by atoms with Crippen LogP contribution in [0.2, 0.25) is 0 Å². The molecule has 6 aromatic carbocycles. The van der Waals surface area contributed by atoms with E-state index in [1.165, 1.54) is 66.9 Å². The molecule has 4 nitrogen and oxygen atoms in total. The third-order valence-electron chi connectivity index (χ3n) is 11.6. The Morgan fingerprint density at radius 3 is 1.67 bits per heavy atom. The van der Waals surface area contributed by atoms with Crippen LogP contribution < -0.4 is 0 Å². The van der Waals surface area contributed by atoms with Crippen LogP contribution in [0.1, 0.15) is 84.0 Å². The molecule has 0 spiro atoms. The van der Waals surface area contributed by atoms with Crippen LogP contribution in [-0.4, -0.2) is 19.3 Å². The Balaban J connectivity index is 0.927. The van der Waals surface area contributed by atoms with Crippen molar-refractivity contribution in [1.82, 2.24) is 19.3 Å². The summed E-state index contributed by atoms with van der Waals surface area (Å²) in [6.45, 7) is 13.5. The number of aromatic nitrogens is 4. The van der Waals surface area contributed by atoms with Crippen LogP contribution in [0.4, 0.5) is 0 Å². The van der Waals surface area contributed by atoms with E-state index in [1.807, 2.05) is 12.4 Å². The average molecular weight is 759 g/mol. The van der Waals surface area contributed by atoms with E-state index in [2.05, 4.69) is 202 Å². The van der Waals surface area contributed by atoms with Crippen molar-refractivity contribution in [2.24, 2.45) is 0 Å². The molecule has 0 aliphatic carbocycles. The zero-order valence-corrected chi connectivity index (χ0v) is 34.8. The molecule has 0 bridgehead atoms. The highest BCUT2D eigenvalue weighted by Crippen LogP contribution is 2.38. The van der Waals surface area contributed by atoms with E-state index in [9.17, 15) is 0 Å². The van der Waals surface area contributed by atoms with E-state index >= 15 is 0 Å². The summed E-state index contributed by atoms with van der Waals surface area (Å²) in [6, 6.07) is 51.1. The summed E-state index contributed by atoms with van der Waals surface area (Å²) < 4.78 is 4.37. The van der Waals surface area contributed by atoms with E-state index in [0.717, 1.165) is 48.5 Å². The van der Waals surface area contributed by atoms with Gasteiger partial charge in [0.2, 0.25) is 0 Å². The zero-order chi connectivity index (χ0) is 40.2. The molecule has 0 unspecified atom stereocenters. The van der Waals surface area contributed by atoms with Gasteiger partial charge in [0.15, 0.2) is 0 Å². The van der Waals surface area contributed by atoms with Crippen LogP contribution in [0, 0.1) is 13.8 Å². The number of nitrogens with zero attached hydrogens (tertiary/aromatic N) is 4. The molecule has 58 heavy (non-hydrogen) atoms. The maximum Gasteiger partial charge on any atom is 0.144 e. The predicted molar refractivity (Wildman–Crippen MR) is 242 cm³/mol. The van der Waals surface area contributed by atoms with E-state index in [0.29, 0.717) is 11.8 Å². The van der Waals surface area contributed by atoms with Crippen LogP contribution in [0.5, 0.6) is 0 Å². The zero-order valence-electron chi connectivity index (χ0n) is 34.8. The van der Waals surface area contributed by atoms with Crippen molar-refractivity contribution in [2.45, 2.75) is 79.1 Å². The highest BCUT2D eigenvalue weighted by atomic mass is 15.3. The first-order valence-electron chi connectivity index (χ1n) is 20.9. The van der Waals surface area contributed by atoms with Crippen molar-refractivity contribution in [3.05, 3.63) is 203 Å². The Hall–Kier alpha value is -6.26. The molecular weight excluding hydrogens is 705 g/mol. The number of rotatable bonds is 13. The van der Waals surface area contributed by atoms with Crippen molar-refractivity contribution in [2.75, 3.05) is 0 Å². The van der Waals surface area contributed by atoms with Gasteiger partial charge in [-0.2, -0.15) is 5.10 Å². The number of benzene rings is 6. The van der Waals surface area contributed by atoms with Gasteiger partial charge >= 0.3 is 0 Å². The lowest BCUT2D eigenvalue weighted by atomic mass is 9.88. The first-order valence-corrected chi connectivity index (χ1v) is 20.9. The van der Waals surface area contributed by atoms with Gasteiger partial charge in [0, 0.05) is 23.5 Å². The number of hydrogen-bond donors (Lipinski definition) is 0. The molecule has 0 radical (unpaired) electrons. The summed E-state index contributed by atoms with van der Waals surface area (Å²) >= 11 is 0. The van der Waals surface area contributed by atoms with E-state index < -0.39 is 0 Å². The summed E-state index contributed by atoms with van der Waals surface area (Å²) in [6.07, 6.45) is 9.97. The Labute approximate surface area is 344 Å². The third kappa shape index (κ3) is 8.24. The van der Waals surface area contributed by atoms with E-state index in [4.69, 9.17) is 4.98 Å². The summed E-state index contributed by atoms with van der Waals surface area (Å²) in [5.41, 5.74) is 19.0. The fourth-order valence-electron chi connectivity index (χ4n) is 8.39. The second-order valence-corrected chi connectivity index (χ2v) is 16.4. The quantitative estimate of drug-likeness (QED) is 0.117. The van der Waals surface area contributed by atoms with Gasteiger partial charge in [-0.3, -0.25) is 4.57 Å². The minimum atomic E-state index is 0.357. The second kappa shape index (κ2) is 17.1. The Morgan fingerprint density at radius 1 is 0.500 bits per heavy atom. The van der Waals surface area contributed by atoms with Crippen molar-refractivity contribution in [3.63, 3.8) is 0 Å². The normalized spacial score (nSPS) is 11.5. The molecule has 0 aliphatic heterocycles. The van der Waals surface area contributed by atoms with Crippen LogP contribution in [-0.2, 0) is 25.7 Å². The molecule has 2 heterocycles. The maximum atomic E-state index is 4.91. The lowest BCUT2D eigenvalue weighted by molar-refractivity contribution is 0.807. The minimum Gasteiger partial charge on any atom is -0.299 e. The minimum absolute atomic E-state index is 0.357. The fourth-order valence-corrected chi connectivity index (χ4v) is 8.39. The van der Waals surface area contributed by atoms with Gasteiger partial charge in [-0.05, 0) is 137 Å². The monoisotopic (exact) mass is 758 g/mol. The van der Waals surface area contributed by atoms with Gasteiger partial charge < -0.3 is 0 Å². The fraction of sp³-hybridized carbons (Fsp3) is 0.222. The summed E-state index contributed by atoms with van der Waals surface area (Å²) in [5, 5.41) is 4.69. The summed E-state index contributed by atoms with van der Waals surface area (Å²) in [5.74, 6) is 1.69. The topological polar surface area (TPSA) is 35.6 Å². The summed E-state index contributed by atoms with van der Waals surface area (Å²) in [4.78, 5) is 4.91. The summed E-state index contributed by atoms with van der Waals surface area (Å²) in [7, 11) is 0. The third-order valence-corrected chi connectivity index (χ3v) is 11.6. The molecule has 0 aliphatic rings. The molecule has 0 saturated heterocycles. The second-order valence-electron chi connectivity index (χ2n) is 16.4. The molecule has 4 heteroatoms. The van der Waals surface area contributed by atoms with Crippen LogP contribution >= 0.6 is 0 Å². The Bertz CT molecular complexity index is 2570. The largest absolute Gasteiger partial charge is 0.299 e. The molecule has 8 rings (SSSR count). The van der Waals surface area contributed by atoms with E-state index in [-0.39, 0.29) is 0 Å². The molecule has 0 atom stereocenters. The van der Waals surface area contributed by atoms with Gasteiger partial charge in [-0.1, -0.05) is 137 Å². The molecule has 290 valence electrons. The van der Waals surface area contributed by atoms with Crippen LogP contribution in [0.3, 0.4) is 0 Å². The highest BCUT2D eigenvalue weighted by molar-refractivity contribution is 5.72. The van der Waals surface area contributed by atoms with Gasteiger partial charge in [-0.15, -0.1) is 0 Å². The first-order chi connectivity index (χ1) is 28.2. The maximum absolute atomic E-state index is 4.91. The number of hydrogen-bond acceptors (Lipinski definition) is 2. The van der Waals surface area contributed by atoms with Crippen molar-refractivity contribution in [1.29, 1.82) is 0 Å². The van der Waals surface area contributed by atoms with Crippen molar-refractivity contribution >= 4 is 0 Å². The molecular formula is C54H54N4. The SMILES string of the molecule is Cc1cccc(C)c1-c1ccnn1-c1ccc(CCc2cccc(CCc3ccc(-c4nccn4-c4c(C(C)C)cc(-c5ccccc5)cc4C(C)C)cc3)c2)cc1. The highest BCUT2D eigenvalue weighted by Gasteiger charge is 2.21. The average Bonchev–Trinajstić information content (AvgIpc) is 3.93. The van der Waals surface area contributed by atoms with Crippen molar-refractivity contribution < 1.29 is 0 Å². The Kier molecular flexibility index (Phi) is 11.4. The van der Waals surface area contributed by atoms with Gasteiger partial charge in [0.1, 0.15) is 5.82 Å².